The number of amides is 4. The molecule has 2 atom stereocenters. The van der Waals surface area contributed by atoms with Crippen LogP contribution >= 0.6 is 0 Å². The number of aromatic amines is 1. The second-order valence-electron chi connectivity index (χ2n) is 17.3. The van der Waals surface area contributed by atoms with Gasteiger partial charge in [-0.15, -0.1) is 0 Å². The molecule has 0 saturated carbocycles. The molecular weight excluding hydrogens is 763 g/mol. The molecule has 4 saturated heterocycles. The van der Waals surface area contributed by atoms with Gasteiger partial charge in [-0.05, 0) is 82.3 Å². The summed E-state index contributed by atoms with van der Waals surface area (Å²) >= 11 is 0. The van der Waals surface area contributed by atoms with E-state index in [0.717, 1.165) is 136 Å². The lowest BCUT2D eigenvalue weighted by Gasteiger charge is -2.42. The maximum absolute atomic E-state index is 13.4. The van der Waals surface area contributed by atoms with Gasteiger partial charge in [-0.25, -0.2) is 9.97 Å². The molecule has 5 aliphatic rings. The largest absolute Gasteiger partial charge is 0.491 e. The van der Waals surface area contributed by atoms with E-state index in [1.54, 1.807) is 18.5 Å². The van der Waals surface area contributed by atoms with Crippen LogP contribution in [0.5, 0.6) is 5.75 Å². The van der Waals surface area contributed by atoms with E-state index in [4.69, 9.17) is 4.74 Å². The minimum absolute atomic E-state index is 0.0882. The number of hydrogen-bond donors (Lipinski definition) is 2. The van der Waals surface area contributed by atoms with Gasteiger partial charge in [0.05, 0.1) is 28.4 Å². The number of nitrogens with one attached hydrogen (secondary N) is 2. The number of H-pyrrole nitrogens is 1. The van der Waals surface area contributed by atoms with E-state index in [2.05, 4.69) is 63.0 Å². The van der Waals surface area contributed by atoms with Crippen molar-refractivity contribution in [3.05, 3.63) is 59.9 Å². The molecule has 0 bridgehead atoms. The summed E-state index contributed by atoms with van der Waals surface area (Å²) in [5.41, 5.74) is 4.12. The zero-order valence-electron chi connectivity index (χ0n) is 34.8. The van der Waals surface area contributed by atoms with Gasteiger partial charge < -0.3 is 19.4 Å². The average Bonchev–Trinajstić information content (AvgIpc) is 3.78. The molecule has 5 aliphatic heterocycles. The molecule has 7 heterocycles. The zero-order chi connectivity index (χ0) is 41.5. The van der Waals surface area contributed by atoms with Gasteiger partial charge in [0.25, 0.3) is 11.8 Å². The molecule has 1 unspecified atom stereocenters. The highest BCUT2D eigenvalue weighted by Gasteiger charge is 2.45. The number of anilines is 2. The molecule has 16 heteroatoms. The van der Waals surface area contributed by atoms with Crippen LogP contribution in [0.1, 0.15) is 67.2 Å². The summed E-state index contributed by atoms with van der Waals surface area (Å²) in [6.45, 7) is 18.5. The maximum atomic E-state index is 13.4. The summed E-state index contributed by atoms with van der Waals surface area (Å²) in [5.74, 6) is 0.464. The number of hydrogen-bond acceptors (Lipinski definition) is 13. The normalized spacial score (nSPS) is 22.6. The van der Waals surface area contributed by atoms with Crippen molar-refractivity contribution in [2.75, 3.05) is 88.3 Å². The molecule has 2 aromatic heterocycles. The molecule has 4 fully saturated rings. The Labute approximate surface area is 350 Å². The first-order chi connectivity index (χ1) is 29.1. The highest BCUT2D eigenvalue weighted by atomic mass is 16.5. The van der Waals surface area contributed by atoms with Crippen LogP contribution in [0.25, 0.3) is 22.3 Å². The molecule has 2 aromatic carbocycles. The standard InChI is InChI=1S/C44H55N11O5/c1-28(2)60-32-5-7-36-35(23-32)41(49-48-36)37-24-39(46-27-45-37)54-21-20-52(29(3)25-54)19-18-50-14-16-51(17-15-50)26-30-10-12-53(13-11-30)31-4-6-33-34(22-31)44(59)55(43(33)58)38-8-9-40(56)47-42(38)57/h4-7,22-24,27-30,38H,8-21,25-26H2,1-3H3,(H,48,49)(H,47,56,57)/t29-,38?/m0/s1. The summed E-state index contributed by atoms with van der Waals surface area (Å²) in [6, 6.07) is 12.9. The van der Waals surface area contributed by atoms with Gasteiger partial charge in [-0.1, -0.05) is 0 Å². The summed E-state index contributed by atoms with van der Waals surface area (Å²) in [6.07, 6.45) is 4.13. The SMILES string of the molecule is CC(C)Oc1ccc2[nH]nc(-c3cc(N4CCN(CCN5CCN(CC6CCN(c7ccc8c(c7)C(=O)N(C7CCC(=O)NC7=O)C8=O)CC6)CC5)[C@@H](C)C4)ncn3)c2c1. The maximum Gasteiger partial charge on any atom is 0.262 e. The van der Waals surface area contributed by atoms with Crippen LogP contribution in [-0.2, 0) is 9.59 Å². The van der Waals surface area contributed by atoms with E-state index < -0.39 is 23.8 Å². The summed E-state index contributed by atoms with van der Waals surface area (Å²) in [5, 5.41) is 11.0. The monoisotopic (exact) mass is 817 g/mol. The predicted octanol–water partition coefficient (Wildman–Crippen LogP) is 3.25. The first-order valence-electron chi connectivity index (χ1n) is 21.6. The number of carbonyl (C=O) groups is 4. The van der Waals surface area contributed by atoms with Crippen molar-refractivity contribution < 1.29 is 23.9 Å². The minimum Gasteiger partial charge on any atom is -0.491 e. The van der Waals surface area contributed by atoms with E-state index in [1.165, 1.54) is 0 Å². The molecule has 9 rings (SSSR count). The van der Waals surface area contributed by atoms with Crippen molar-refractivity contribution >= 4 is 46.0 Å². The van der Waals surface area contributed by atoms with Gasteiger partial charge in [0.1, 0.15) is 29.6 Å². The molecule has 0 spiro atoms. The third kappa shape index (κ3) is 8.19. The minimum atomic E-state index is -0.954. The van der Waals surface area contributed by atoms with Crippen molar-refractivity contribution in [2.24, 2.45) is 5.92 Å². The molecule has 4 amide bonds. The Morgan fingerprint density at radius 3 is 2.35 bits per heavy atom. The Hall–Kier alpha value is -5.45. The van der Waals surface area contributed by atoms with Crippen LogP contribution in [-0.4, -0.2) is 160 Å². The highest BCUT2D eigenvalue weighted by Crippen LogP contribution is 2.33. The Kier molecular flexibility index (Phi) is 11.3. The molecule has 2 N–H and O–H groups in total. The molecule has 16 nitrogen and oxygen atoms in total. The lowest BCUT2D eigenvalue weighted by Crippen LogP contribution is -2.55. The van der Waals surface area contributed by atoms with E-state index in [0.29, 0.717) is 23.1 Å². The topological polar surface area (TPSA) is 163 Å². The van der Waals surface area contributed by atoms with Gasteiger partial charge in [0.2, 0.25) is 11.8 Å². The van der Waals surface area contributed by atoms with Gasteiger partial charge in [0, 0.05) is 108 Å². The fourth-order valence-electron chi connectivity index (χ4n) is 9.58. The van der Waals surface area contributed by atoms with Crippen LogP contribution in [0.2, 0.25) is 0 Å². The predicted molar refractivity (Wildman–Crippen MR) is 227 cm³/mol. The van der Waals surface area contributed by atoms with Crippen molar-refractivity contribution in [3.63, 3.8) is 0 Å². The van der Waals surface area contributed by atoms with E-state index in [9.17, 15) is 19.2 Å². The first kappa shape index (κ1) is 40.0. The lowest BCUT2D eigenvalue weighted by molar-refractivity contribution is -0.136. The Morgan fingerprint density at radius 2 is 1.58 bits per heavy atom. The van der Waals surface area contributed by atoms with Crippen LogP contribution in [0.4, 0.5) is 11.5 Å². The average molecular weight is 818 g/mol. The van der Waals surface area contributed by atoms with Gasteiger partial charge >= 0.3 is 0 Å². The van der Waals surface area contributed by atoms with Crippen LogP contribution in [0, 0.1) is 5.92 Å². The lowest BCUT2D eigenvalue weighted by atomic mass is 9.95. The number of piperazine rings is 2. The number of carbonyl (C=O) groups excluding carboxylic acids is 4. The van der Waals surface area contributed by atoms with Crippen molar-refractivity contribution in [3.8, 4) is 17.1 Å². The Morgan fingerprint density at radius 1 is 0.800 bits per heavy atom. The third-order valence-corrected chi connectivity index (χ3v) is 13.0. The number of benzene rings is 2. The quantitative estimate of drug-likeness (QED) is 0.213. The molecule has 60 heavy (non-hydrogen) atoms. The summed E-state index contributed by atoms with van der Waals surface area (Å²) in [7, 11) is 0. The smallest absolute Gasteiger partial charge is 0.262 e. The summed E-state index contributed by atoms with van der Waals surface area (Å²) in [4.78, 5) is 73.4. The molecular formula is C44H55N11O5. The number of imide groups is 2. The second-order valence-corrected chi connectivity index (χ2v) is 17.3. The number of rotatable bonds is 11. The number of ether oxygens (including phenoxy) is 1. The highest BCUT2D eigenvalue weighted by molar-refractivity contribution is 6.23. The number of piperidine rings is 2. The van der Waals surface area contributed by atoms with E-state index >= 15 is 0 Å². The third-order valence-electron chi connectivity index (χ3n) is 13.0. The van der Waals surface area contributed by atoms with Crippen molar-refractivity contribution in [2.45, 2.75) is 64.6 Å². The second kappa shape index (κ2) is 16.9. The summed E-state index contributed by atoms with van der Waals surface area (Å²) < 4.78 is 5.94. The molecule has 4 aromatic rings. The van der Waals surface area contributed by atoms with Crippen molar-refractivity contribution in [1.29, 1.82) is 0 Å². The van der Waals surface area contributed by atoms with Gasteiger partial charge in [-0.3, -0.25) is 44.3 Å². The van der Waals surface area contributed by atoms with Crippen molar-refractivity contribution in [1.82, 2.24) is 45.1 Å². The first-order valence-corrected chi connectivity index (χ1v) is 21.6. The number of fused-ring (bicyclic) bond motifs is 2. The van der Waals surface area contributed by atoms with Gasteiger partial charge in [-0.2, -0.15) is 5.10 Å². The van der Waals surface area contributed by atoms with Crippen LogP contribution in [0.15, 0.2) is 48.8 Å². The number of nitrogens with zero attached hydrogens (tertiary/aromatic N) is 9. The fourth-order valence-corrected chi connectivity index (χ4v) is 9.58. The number of aromatic nitrogens is 4. The fraction of sp³-hybridized carbons (Fsp3) is 0.523. The Bertz CT molecular complexity index is 2260. The van der Waals surface area contributed by atoms with Gasteiger partial charge in [0.15, 0.2) is 0 Å². The van der Waals surface area contributed by atoms with E-state index in [-0.39, 0.29) is 24.9 Å². The van der Waals surface area contributed by atoms with E-state index in [1.807, 2.05) is 38.1 Å². The molecule has 0 radical (unpaired) electrons. The van der Waals surface area contributed by atoms with Crippen LogP contribution < -0.4 is 19.9 Å². The van der Waals surface area contributed by atoms with Crippen LogP contribution in [0.3, 0.4) is 0 Å². The zero-order valence-corrected chi connectivity index (χ0v) is 34.8. The Balaban J connectivity index is 0.707. The molecule has 316 valence electrons. The molecule has 0 aliphatic carbocycles.